The van der Waals surface area contributed by atoms with Crippen LogP contribution in [0.4, 0.5) is 0 Å². The van der Waals surface area contributed by atoms with Gasteiger partial charge in [0.25, 0.3) is 0 Å². The van der Waals surface area contributed by atoms with E-state index in [1.807, 2.05) is 18.2 Å². The van der Waals surface area contributed by atoms with Gasteiger partial charge >= 0.3 is 5.97 Å². The van der Waals surface area contributed by atoms with Crippen molar-refractivity contribution >= 4 is 5.97 Å². The summed E-state index contributed by atoms with van der Waals surface area (Å²) in [6, 6.07) is 12.7. The second-order valence-corrected chi connectivity index (χ2v) is 8.27. The Kier molecular flexibility index (Phi) is 13.1. The lowest BCUT2D eigenvalue weighted by Gasteiger charge is -2.14. The summed E-state index contributed by atoms with van der Waals surface area (Å²) in [5.41, 5.74) is 1.58. The molecule has 0 bridgehead atoms. The van der Waals surface area contributed by atoms with Crippen LogP contribution < -0.4 is 9.47 Å². The quantitative estimate of drug-likeness (QED) is 0.203. The molecule has 33 heavy (non-hydrogen) atoms. The van der Waals surface area contributed by atoms with Gasteiger partial charge in [-0.1, -0.05) is 57.9 Å². The lowest BCUT2D eigenvalue weighted by Crippen LogP contribution is -2.04. The molecule has 0 heterocycles. The Labute approximate surface area is 199 Å². The molecule has 2 rings (SSSR count). The van der Waals surface area contributed by atoms with Gasteiger partial charge in [0.2, 0.25) is 0 Å². The Morgan fingerprint density at radius 2 is 1.48 bits per heavy atom. The van der Waals surface area contributed by atoms with Crippen LogP contribution in [0.1, 0.15) is 87.6 Å². The van der Waals surface area contributed by atoms with Gasteiger partial charge < -0.3 is 19.3 Å². The molecule has 0 saturated carbocycles. The van der Waals surface area contributed by atoms with E-state index in [9.17, 15) is 9.90 Å². The molecule has 2 aromatic carbocycles. The predicted molar refractivity (Wildman–Crippen MR) is 132 cm³/mol. The van der Waals surface area contributed by atoms with Crippen molar-refractivity contribution in [3.63, 3.8) is 0 Å². The maximum atomic E-state index is 11.8. The molecule has 0 radical (unpaired) electrons. The normalized spacial score (nSPS) is 10.8. The standard InChI is InChI=1S/C28H40O5/c1-3-5-6-7-8-9-10-11-21-32-27-22-26(19-14-23(27)13-12-20-29)33-25-17-15-24(16-18-25)28(30)31-4-2/h14-19,22,29H,3-13,20-21H2,1-2H3. The van der Waals surface area contributed by atoms with Crippen LogP contribution in [0.2, 0.25) is 0 Å². The van der Waals surface area contributed by atoms with Crippen molar-refractivity contribution in [3.05, 3.63) is 53.6 Å². The molecule has 0 atom stereocenters. The van der Waals surface area contributed by atoms with E-state index in [-0.39, 0.29) is 12.6 Å². The van der Waals surface area contributed by atoms with E-state index in [1.165, 1.54) is 44.9 Å². The van der Waals surface area contributed by atoms with Crippen molar-refractivity contribution in [3.8, 4) is 17.2 Å². The van der Waals surface area contributed by atoms with Crippen molar-refractivity contribution in [1.82, 2.24) is 0 Å². The lowest BCUT2D eigenvalue weighted by molar-refractivity contribution is 0.0526. The van der Waals surface area contributed by atoms with Crippen molar-refractivity contribution in [2.24, 2.45) is 0 Å². The SMILES string of the molecule is CCCCCCCCCCOc1cc(Oc2ccc(C(=O)OCC)cc2)ccc1CCCO. The number of carbonyl (C=O) groups is 1. The van der Waals surface area contributed by atoms with Crippen molar-refractivity contribution in [2.45, 2.75) is 78.1 Å². The first-order valence-electron chi connectivity index (χ1n) is 12.5. The number of aryl methyl sites for hydroxylation is 1. The van der Waals surface area contributed by atoms with Gasteiger partial charge in [-0.15, -0.1) is 0 Å². The Morgan fingerprint density at radius 1 is 0.818 bits per heavy atom. The molecule has 0 aromatic heterocycles. The van der Waals surface area contributed by atoms with Gasteiger partial charge in [-0.25, -0.2) is 4.79 Å². The molecule has 0 spiro atoms. The highest BCUT2D eigenvalue weighted by Crippen LogP contribution is 2.30. The van der Waals surface area contributed by atoms with Gasteiger partial charge in [0.05, 0.1) is 18.8 Å². The Morgan fingerprint density at radius 3 is 2.15 bits per heavy atom. The number of rotatable bonds is 17. The minimum absolute atomic E-state index is 0.155. The van der Waals surface area contributed by atoms with E-state index in [4.69, 9.17) is 14.2 Å². The fourth-order valence-electron chi connectivity index (χ4n) is 3.64. The number of aliphatic hydroxyl groups is 1. The summed E-state index contributed by atoms with van der Waals surface area (Å²) >= 11 is 0. The van der Waals surface area contributed by atoms with Gasteiger partial charge in [0.1, 0.15) is 17.2 Å². The topological polar surface area (TPSA) is 65.0 Å². The average molecular weight is 457 g/mol. The van der Waals surface area contributed by atoms with Crippen molar-refractivity contribution < 1.29 is 24.1 Å². The van der Waals surface area contributed by atoms with Gasteiger partial charge in [-0.05, 0) is 62.1 Å². The minimum atomic E-state index is -0.339. The molecular weight excluding hydrogens is 416 g/mol. The number of hydrogen-bond acceptors (Lipinski definition) is 5. The zero-order chi connectivity index (χ0) is 23.7. The molecule has 0 aliphatic carbocycles. The zero-order valence-corrected chi connectivity index (χ0v) is 20.3. The largest absolute Gasteiger partial charge is 0.493 e. The molecule has 0 aliphatic rings. The van der Waals surface area contributed by atoms with E-state index in [1.54, 1.807) is 31.2 Å². The number of unbranched alkanes of at least 4 members (excludes halogenated alkanes) is 7. The smallest absolute Gasteiger partial charge is 0.338 e. The van der Waals surface area contributed by atoms with E-state index < -0.39 is 0 Å². The maximum absolute atomic E-state index is 11.8. The van der Waals surface area contributed by atoms with Crippen molar-refractivity contribution in [1.29, 1.82) is 0 Å². The van der Waals surface area contributed by atoms with E-state index in [2.05, 4.69) is 6.92 Å². The molecule has 0 unspecified atom stereocenters. The van der Waals surface area contributed by atoms with Crippen molar-refractivity contribution in [2.75, 3.05) is 19.8 Å². The van der Waals surface area contributed by atoms with Gasteiger partial charge in [-0.2, -0.15) is 0 Å². The number of hydrogen-bond donors (Lipinski definition) is 1. The molecular formula is C28H40O5. The summed E-state index contributed by atoms with van der Waals surface area (Å²) in [6.07, 6.45) is 11.5. The average Bonchev–Trinajstić information content (AvgIpc) is 2.83. The van der Waals surface area contributed by atoms with Crippen LogP contribution in [0.15, 0.2) is 42.5 Å². The third-order valence-electron chi connectivity index (χ3n) is 5.50. The summed E-state index contributed by atoms with van der Waals surface area (Å²) in [6.45, 7) is 5.21. The van der Waals surface area contributed by atoms with Crippen LogP contribution in [-0.2, 0) is 11.2 Å². The van der Waals surface area contributed by atoms with Gasteiger partial charge in [-0.3, -0.25) is 0 Å². The number of ether oxygens (including phenoxy) is 3. The van der Waals surface area contributed by atoms with E-state index in [0.717, 1.165) is 24.2 Å². The van der Waals surface area contributed by atoms with Crippen LogP contribution in [0.3, 0.4) is 0 Å². The second-order valence-electron chi connectivity index (χ2n) is 8.27. The van der Waals surface area contributed by atoms with E-state index >= 15 is 0 Å². The summed E-state index contributed by atoms with van der Waals surface area (Å²) < 4.78 is 17.1. The second kappa shape index (κ2) is 16.1. The fourth-order valence-corrected chi connectivity index (χ4v) is 3.64. The van der Waals surface area contributed by atoms with Crippen LogP contribution in [0.5, 0.6) is 17.2 Å². The summed E-state index contributed by atoms with van der Waals surface area (Å²) in [5, 5.41) is 9.22. The van der Waals surface area contributed by atoms with Crippen LogP contribution in [0, 0.1) is 0 Å². The molecule has 182 valence electrons. The first kappa shape index (κ1) is 26.7. The highest BCUT2D eigenvalue weighted by atomic mass is 16.5. The molecule has 0 aliphatic heterocycles. The minimum Gasteiger partial charge on any atom is -0.493 e. The Bertz CT molecular complexity index is 800. The fraction of sp³-hybridized carbons (Fsp3) is 0.536. The van der Waals surface area contributed by atoms with Crippen LogP contribution in [-0.4, -0.2) is 30.9 Å². The molecule has 2 aromatic rings. The Balaban J connectivity index is 1.90. The number of benzene rings is 2. The summed E-state index contributed by atoms with van der Waals surface area (Å²) in [7, 11) is 0. The molecule has 0 amide bonds. The number of esters is 1. The zero-order valence-electron chi connectivity index (χ0n) is 20.3. The molecule has 5 nitrogen and oxygen atoms in total. The first-order valence-corrected chi connectivity index (χ1v) is 12.5. The molecule has 0 saturated heterocycles. The maximum Gasteiger partial charge on any atom is 0.338 e. The summed E-state index contributed by atoms with van der Waals surface area (Å²) in [4.78, 5) is 11.8. The molecule has 1 N–H and O–H groups in total. The van der Waals surface area contributed by atoms with Crippen LogP contribution >= 0.6 is 0 Å². The molecule has 5 heteroatoms. The number of aliphatic hydroxyl groups excluding tert-OH is 1. The third kappa shape index (κ3) is 10.3. The number of carbonyl (C=O) groups excluding carboxylic acids is 1. The van der Waals surface area contributed by atoms with Crippen LogP contribution in [0.25, 0.3) is 0 Å². The van der Waals surface area contributed by atoms with Gasteiger partial charge in [0.15, 0.2) is 0 Å². The summed E-state index contributed by atoms with van der Waals surface area (Å²) in [5.74, 6) is 1.79. The first-order chi connectivity index (χ1) is 16.2. The monoisotopic (exact) mass is 456 g/mol. The lowest BCUT2D eigenvalue weighted by atomic mass is 10.1. The van der Waals surface area contributed by atoms with Gasteiger partial charge in [0, 0.05) is 12.7 Å². The Hall–Kier alpha value is -2.53. The molecule has 0 fully saturated rings. The highest BCUT2D eigenvalue weighted by Gasteiger charge is 2.09. The third-order valence-corrected chi connectivity index (χ3v) is 5.50. The highest BCUT2D eigenvalue weighted by molar-refractivity contribution is 5.89. The van der Waals surface area contributed by atoms with E-state index in [0.29, 0.717) is 36.7 Å². The predicted octanol–water partition coefficient (Wildman–Crippen LogP) is 7.10.